The summed E-state index contributed by atoms with van der Waals surface area (Å²) in [6.45, 7) is 16.2. The highest BCUT2D eigenvalue weighted by Gasteiger charge is 2.22. The monoisotopic (exact) mass is 457 g/mol. The Labute approximate surface area is 199 Å². The van der Waals surface area contributed by atoms with Crippen molar-refractivity contribution in [3.05, 3.63) is 64.7 Å². The van der Waals surface area contributed by atoms with Crippen molar-refractivity contribution in [1.82, 2.24) is 4.98 Å². The zero-order chi connectivity index (χ0) is 22.8. The van der Waals surface area contributed by atoms with Gasteiger partial charge in [0.15, 0.2) is 0 Å². The third kappa shape index (κ3) is 3.66. The quantitative estimate of drug-likeness (QED) is 0.257. The van der Waals surface area contributed by atoms with Crippen LogP contribution in [0.25, 0.3) is 41.5 Å². The lowest BCUT2D eigenvalue weighted by Gasteiger charge is -2.22. The van der Waals surface area contributed by atoms with Gasteiger partial charge in [0.25, 0.3) is 0 Å². The lowest BCUT2D eigenvalue weighted by Crippen LogP contribution is -2.12. The molecule has 0 aliphatic rings. The van der Waals surface area contributed by atoms with E-state index in [4.69, 9.17) is 4.98 Å². The van der Waals surface area contributed by atoms with E-state index in [-0.39, 0.29) is 5.41 Å². The van der Waals surface area contributed by atoms with Crippen molar-refractivity contribution >= 4 is 52.9 Å². The van der Waals surface area contributed by atoms with E-state index < -0.39 is 0 Å². The molecule has 0 aliphatic heterocycles. The summed E-state index contributed by atoms with van der Waals surface area (Å²) in [6, 6.07) is 15.6. The minimum absolute atomic E-state index is 0.0672. The molecule has 32 heavy (non-hydrogen) atoms. The molecular formula is C29H31NS2. The number of hydrogen-bond donors (Lipinski definition) is 0. The van der Waals surface area contributed by atoms with Crippen molar-refractivity contribution < 1.29 is 0 Å². The van der Waals surface area contributed by atoms with E-state index in [1.165, 1.54) is 51.8 Å². The summed E-state index contributed by atoms with van der Waals surface area (Å²) >= 11 is 3.91. The second-order valence-electron chi connectivity index (χ2n) is 11.2. The van der Waals surface area contributed by atoms with Crippen LogP contribution in [-0.2, 0) is 11.8 Å². The first-order valence-corrected chi connectivity index (χ1v) is 13.0. The highest BCUT2D eigenvalue weighted by Crippen LogP contribution is 2.47. The Hall–Kier alpha value is -2.23. The largest absolute Gasteiger partial charge is 0.255 e. The number of thiophene rings is 2. The molecule has 2 aromatic carbocycles. The van der Waals surface area contributed by atoms with E-state index in [9.17, 15) is 0 Å². The van der Waals surface area contributed by atoms with Crippen molar-refractivity contribution in [2.75, 3.05) is 0 Å². The van der Waals surface area contributed by atoms with Gasteiger partial charge in [-0.3, -0.25) is 4.98 Å². The maximum atomic E-state index is 4.91. The number of benzene rings is 2. The first-order chi connectivity index (χ1) is 15.0. The van der Waals surface area contributed by atoms with Crippen molar-refractivity contribution in [3.63, 3.8) is 0 Å². The van der Waals surface area contributed by atoms with Crippen LogP contribution in [-0.4, -0.2) is 4.98 Å². The summed E-state index contributed by atoms with van der Waals surface area (Å²) in [6.07, 6.45) is 3.12. The van der Waals surface area contributed by atoms with Gasteiger partial charge < -0.3 is 0 Å². The van der Waals surface area contributed by atoms with Crippen molar-refractivity contribution in [2.24, 2.45) is 5.41 Å². The number of hydrogen-bond acceptors (Lipinski definition) is 3. The van der Waals surface area contributed by atoms with Gasteiger partial charge in [0.1, 0.15) is 0 Å². The molecule has 3 aromatic heterocycles. The van der Waals surface area contributed by atoms with Crippen LogP contribution in [0.1, 0.15) is 57.5 Å². The number of aromatic nitrogens is 1. The fraction of sp³-hybridized carbons (Fsp3) is 0.345. The van der Waals surface area contributed by atoms with Crippen molar-refractivity contribution in [3.8, 4) is 11.3 Å². The van der Waals surface area contributed by atoms with Gasteiger partial charge in [-0.25, -0.2) is 0 Å². The van der Waals surface area contributed by atoms with Crippen LogP contribution in [0.2, 0.25) is 0 Å². The number of nitrogens with zero attached hydrogens (tertiary/aromatic N) is 1. The maximum Gasteiger partial charge on any atom is 0.0881 e. The Kier molecular flexibility index (Phi) is 4.99. The van der Waals surface area contributed by atoms with Crippen molar-refractivity contribution in [2.45, 2.75) is 60.3 Å². The Bertz CT molecular complexity index is 1470. The summed E-state index contributed by atoms with van der Waals surface area (Å²) in [4.78, 5) is 6.44. The molecular weight excluding hydrogens is 426 g/mol. The Morgan fingerprint density at radius 2 is 1.56 bits per heavy atom. The first-order valence-electron chi connectivity index (χ1n) is 11.4. The number of pyridine rings is 1. The van der Waals surface area contributed by atoms with E-state index in [2.05, 4.69) is 90.9 Å². The minimum Gasteiger partial charge on any atom is -0.255 e. The predicted molar refractivity (Wildman–Crippen MR) is 145 cm³/mol. The number of aryl methyl sites for hydroxylation is 1. The normalized spacial score (nSPS) is 13.0. The van der Waals surface area contributed by atoms with Crippen LogP contribution in [0, 0.1) is 12.3 Å². The van der Waals surface area contributed by atoms with E-state index in [0.29, 0.717) is 5.41 Å². The fourth-order valence-electron chi connectivity index (χ4n) is 4.60. The molecule has 0 saturated carbocycles. The molecule has 0 atom stereocenters. The van der Waals surface area contributed by atoms with Crippen LogP contribution >= 0.6 is 22.7 Å². The van der Waals surface area contributed by atoms with Gasteiger partial charge in [0.2, 0.25) is 0 Å². The zero-order valence-corrected chi connectivity index (χ0v) is 21.7. The lowest BCUT2D eigenvalue weighted by molar-refractivity contribution is 0.414. The standard InChI is InChI=1S/C29H31NS2/c1-17-23(16-28(2,3)4)31-27-21-12-13-30-24(26(21)32-25(17)27)19-14-18-10-8-9-11-20(18)22(15-19)29(5,6)7/h8-15H,16H2,1-7H3. The average molecular weight is 458 g/mol. The average Bonchev–Trinajstić information content (AvgIpc) is 3.22. The summed E-state index contributed by atoms with van der Waals surface area (Å²) in [5.74, 6) is 0. The van der Waals surface area contributed by atoms with E-state index in [0.717, 1.165) is 12.1 Å². The second kappa shape index (κ2) is 7.40. The predicted octanol–water partition coefficient (Wildman–Crippen LogP) is 9.53. The highest BCUT2D eigenvalue weighted by atomic mass is 32.1. The molecule has 0 saturated heterocycles. The zero-order valence-electron chi connectivity index (χ0n) is 20.1. The van der Waals surface area contributed by atoms with E-state index in [1.807, 2.05) is 28.9 Å². The highest BCUT2D eigenvalue weighted by molar-refractivity contribution is 7.33. The molecule has 0 spiro atoms. The van der Waals surface area contributed by atoms with Crippen LogP contribution in [0.4, 0.5) is 0 Å². The molecule has 0 radical (unpaired) electrons. The molecule has 3 heterocycles. The summed E-state index contributed by atoms with van der Waals surface area (Å²) in [7, 11) is 0. The number of fused-ring (bicyclic) bond motifs is 4. The van der Waals surface area contributed by atoms with Gasteiger partial charge in [-0.1, -0.05) is 65.8 Å². The topological polar surface area (TPSA) is 12.9 Å². The van der Waals surface area contributed by atoms with Crippen LogP contribution in [0.5, 0.6) is 0 Å². The van der Waals surface area contributed by atoms with Crippen LogP contribution in [0.3, 0.4) is 0 Å². The smallest absolute Gasteiger partial charge is 0.0881 e. The molecule has 0 bridgehead atoms. The molecule has 164 valence electrons. The van der Waals surface area contributed by atoms with Gasteiger partial charge in [-0.15, -0.1) is 22.7 Å². The Balaban J connectivity index is 1.75. The Morgan fingerprint density at radius 3 is 2.28 bits per heavy atom. The molecule has 3 heteroatoms. The molecule has 0 unspecified atom stereocenters. The number of rotatable bonds is 2. The van der Waals surface area contributed by atoms with Gasteiger partial charge in [0, 0.05) is 26.7 Å². The SMILES string of the molecule is Cc1c(CC(C)(C)C)sc2c1sc1c(-c3cc(C(C)(C)C)c4ccccc4c3)nccc12. The maximum absolute atomic E-state index is 4.91. The van der Waals surface area contributed by atoms with Crippen molar-refractivity contribution in [1.29, 1.82) is 0 Å². The third-order valence-corrected chi connectivity index (χ3v) is 8.96. The first kappa shape index (κ1) is 21.6. The Morgan fingerprint density at radius 1 is 0.812 bits per heavy atom. The van der Waals surface area contributed by atoms with Gasteiger partial charge in [-0.2, -0.15) is 0 Å². The summed E-state index contributed by atoms with van der Waals surface area (Å²) in [5, 5.41) is 3.98. The second-order valence-corrected chi connectivity index (χ2v) is 13.3. The summed E-state index contributed by atoms with van der Waals surface area (Å²) in [5.41, 5.74) is 5.55. The van der Waals surface area contributed by atoms with E-state index in [1.54, 1.807) is 0 Å². The van der Waals surface area contributed by atoms with Crippen LogP contribution < -0.4 is 0 Å². The van der Waals surface area contributed by atoms with Gasteiger partial charge in [0.05, 0.1) is 15.1 Å². The molecule has 1 nitrogen and oxygen atoms in total. The van der Waals surface area contributed by atoms with Gasteiger partial charge in [-0.05, 0) is 64.3 Å². The van der Waals surface area contributed by atoms with Gasteiger partial charge >= 0.3 is 0 Å². The molecule has 0 fully saturated rings. The van der Waals surface area contributed by atoms with Crippen LogP contribution in [0.15, 0.2) is 48.7 Å². The molecule has 5 rings (SSSR count). The molecule has 0 aliphatic carbocycles. The molecule has 5 aromatic rings. The summed E-state index contributed by atoms with van der Waals surface area (Å²) < 4.78 is 4.19. The fourth-order valence-corrected chi connectivity index (χ4v) is 7.74. The molecule has 0 N–H and O–H groups in total. The van der Waals surface area contributed by atoms with E-state index >= 15 is 0 Å². The lowest BCUT2D eigenvalue weighted by atomic mass is 9.82. The molecule has 0 amide bonds. The third-order valence-electron chi connectivity index (χ3n) is 6.18. The minimum atomic E-state index is 0.0672.